The molecule has 19 heavy (non-hydrogen) atoms. The standard InChI is InChI=1S/C15H15F2NO/c1-10(18)12-6-4-8-14(17)15(12)19-9-11-5-2-3-7-13(11)16/h2-8,10H,9,18H2,1H3. The zero-order valence-corrected chi connectivity index (χ0v) is 10.6. The van der Waals surface area contributed by atoms with Gasteiger partial charge in [-0.1, -0.05) is 30.3 Å². The molecular weight excluding hydrogens is 248 g/mol. The molecule has 0 heterocycles. The van der Waals surface area contributed by atoms with Gasteiger partial charge in [-0.3, -0.25) is 0 Å². The maximum atomic E-state index is 13.7. The van der Waals surface area contributed by atoms with Crippen LogP contribution in [0, 0.1) is 11.6 Å². The lowest BCUT2D eigenvalue weighted by molar-refractivity contribution is 0.280. The summed E-state index contributed by atoms with van der Waals surface area (Å²) in [5.74, 6) is -0.784. The van der Waals surface area contributed by atoms with Crippen molar-refractivity contribution in [2.45, 2.75) is 19.6 Å². The van der Waals surface area contributed by atoms with Crippen molar-refractivity contribution in [1.29, 1.82) is 0 Å². The van der Waals surface area contributed by atoms with Gasteiger partial charge in [-0.25, -0.2) is 8.78 Å². The third kappa shape index (κ3) is 3.09. The minimum absolute atomic E-state index is 0.0344. The van der Waals surface area contributed by atoms with Gasteiger partial charge in [0.25, 0.3) is 0 Å². The average Bonchev–Trinajstić information content (AvgIpc) is 2.38. The SMILES string of the molecule is CC(N)c1cccc(F)c1OCc1ccccc1F. The molecule has 0 aliphatic heterocycles. The summed E-state index contributed by atoms with van der Waals surface area (Å²) in [6.07, 6.45) is 0. The van der Waals surface area contributed by atoms with Gasteiger partial charge >= 0.3 is 0 Å². The number of rotatable bonds is 4. The van der Waals surface area contributed by atoms with Gasteiger partial charge in [-0.15, -0.1) is 0 Å². The van der Waals surface area contributed by atoms with Gasteiger partial charge in [-0.2, -0.15) is 0 Å². The molecule has 2 aromatic carbocycles. The number of para-hydroxylation sites is 1. The molecule has 1 unspecified atom stereocenters. The maximum absolute atomic E-state index is 13.7. The third-order valence-electron chi connectivity index (χ3n) is 2.82. The Morgan fingerprint density at radius 2 is 1.74 bits per heavy atom. The van der Waals surface area contributed by atoms with Crippen LogP contribution >= 0.6 is 0 Å². The normalized spacial score (nSPS) is 12.2. The minimum Gasteiger partial charge on any atom is -0.485 e. The number of nitrogens with two attached hydrogens (primary N) is 1. The van der Waals surface area contributed by atoms with Crippen LogP contribution in [-0.4, -0.2) is 0 Å². The Morgan fingerprint density at radius 3 is 2.42 bits per heavy atom. The summed E-state index contributed by atoms with van der Waals surface area (Å²) in [4.78, 5) is 0. The van der Waals surface area contributed by atoms with Crippen molar-refractivity contribution in [3.63, 3.8) is 0 Å². The Kier molecular flexibility index (Phi) is 4.12. The quantitative estimate of drug-likeness (QED) is 0.915. The molecular formula is C15H15F2NO. The molecule has 100 valence electrons. The lowest BCUT2D eigenvalue weighted by atomic mass is 10.1. The second-order valence-corrected chi connectivity index (χ2v) is 4.33. The lowest BCUT2D eigenvalue weighted by Crippen LogP contribution is -2.09. The first kappa shape index (κ1) is 13.5. The molecule has 0 saturated carbocycles. The number of hydrogen-bond acceptors (Lipinski definition) is 2. The Hall–Kier alpha value is -1.94. The maximum Gasteiger partial charge on any atom is 0.165 e. The molecule has 4 heteroatoms. The van der Waals surface area contributed by atoms with Crippen LogP contribution in [0.1, 0.15) is 24.1 Å². The first-order valence-corrected chi connectivity index (χ1v) is 6.00. The van der Waals surface area contributed by atoms with E-state index in [4.69, 9.17) is 10.5 Å². The highest BCUT2D eigenvalue weighted by atomic mass is 19.1. The fourth-order valence-electron chi connectivity index (χ4n) is 1.80. The van der Waals surface area contributed by atoms with Crippen LogP contribution in [0.5, 0.6) is 5.75 Å². The molecule has 0 bridgehead atoms. The van der Waals surface area contributed by atoms with E-state index in [-0.39, 0.29) is 24.2 Å². The van der Waals surface area contributed by atoms with Crippen molar-refractivity contribution in [3.8, 4) is 5.75 Å². The molecule has 2 rings (SSSR count). The van der Waals surface area contributed by atoms with Gasteiger partial charge in [0.05, 0.1) is 0 Å². The smallest absolute Gasteiger partial charge is 0.165 e. The van der Waals surface area contributed by atoms with Crippen molar-refractivity contribution in [3.05, 3.63) is 65.2 Å². The molecule has 0 spiro atoms. The Bertz CT molecular complexity index is 570. The fourth-order valence-corrected chi connectivity index (χ4v) is 1.80. The summed E-state index contributed by atoms with van der Waals surface area (Å²) in [6.45, 7) is 1.71. The number of benzene rings is 2. The number of hydrogen-bond donors (Lipinski definition) is 1. The topological polar surface area (TPSA) is 35.2 Å². The van der Waals surface area contributed by atoms with Crippen LogP contribution in [0.2, 0.25) is 0 Å². The molecule has 1 atom stereocenters. The van der Waals surface area contributed by atoms with Crippen LogP contribution in [0.25, 0.3) is 0 Å². The van der Waals surface area contributed by atoms with E-state index in [0.29, 0.717) is 11.1 Å². The zero-order chi connectivity index (χ0) is 13.8. The second-order valence-electron chi connectivity index (χ2n) is 4.33. The average molecular weight is 263 g/mol. The van der Waals surface area contributed by atoms with Crippen LogP contribution in [0.3, 0.4) is 0 Å². The van der Waals surface area contributed by atoms with E-state index < -0.39 is 5.82 Å². The van der Waals surface area contributed by atoms with E-state index in [1.807, 2.05) is 0 Å². The van der Waals surface area contributed by atoms with Gasteiger partial charge in [0, 0.05) is 17.2 Å². The van der Waals surface area contributed by atoms with Crippen molar-refractivity contribution >= 4 is 0 Å². The zero-order valence-electron chi connectivity index (χ0n) is 10.6. The molecule has 0 saturated heterocycles. The number of ether oxygens (including phenoxy) is 1. The van der Waals surface area contributed by atoms with Crippen LogP contribution in [0.4, 0.5) is 8.78 Å². The van der Waals surface area contributed by atoms with Crippen LogP contribution < -0.4 is 10.5 Å². The summed E-state index contributed by atoms with van der Waals surface area (Å²) in [5, 5.41) is 0. The van der Waals surface area contributed by atoms with E-state index >= 15 is 0 Å². The molecule has 0 radical (unpaired) electrons. The van der Waals surface area contributed by atoms with Gasteiger partial charge in [-0.05, 0) is 19.1 Å². The van der Waals surface area contributed by atoms with Gasteiger partial charge in [0.1, 0.15) is 12.4 Å². The van der Waals surface area contributed by atoms with Gasteiger partial charge in [0.15, 0.2) is 11.6 Å². The minimum atomic E-state index is -0.494. The predicted molar refractivity (Wildman–Crippen MR) is 69.7 cm³/mol. The summed E-state index contributed by atoms with van der Waals surface area (Å²) < 4.78 is 32.6. The predicted octanol–water partition coefficient (Wildman–Crippen LogP) is 3.56. The van der Waals surface area contributed by atoms with Crippen molar-refractivity contribution in [1.82, 2.24) is 0 Å². The molecule has 0 aromatic heterocycles. The van der Waals surface area contributed by atoms with Crippen LogP contribution in [0.15, 0.2) is 42.5 Å². The summed E-state index contributed by atoms with van der Waals surface area (Å²) in [5.41, 5.74) is 6.70. The van der Waals surface area contributed by atoms with Gasteiger partial charge < -0.3 is 10.5 Å². The Balaban J connectivity index is 2.22. The molecule has 0 fully saturated rings. The van der Waals surface area contributed by atoms with Crippen molar-refractivity contribution < 1.29 is 13.5 Å². The van der Waals surface area contributed by atoms with Crippen LogP contribution in [-0.2, 0) is 6.61 Å². The molecule has 0 aliphatic rings. The third-order valence-corrected chi connectivity index (χ3v) is 2.82. The molecule has 2 aromatic rings. The monoisotopic (exact) mass is 263 g/mol. The Morgan fingerprint density at radius 1 is 1.05 bits per heavy atom. The van der Waals surface area contributed by atoms with E-state index in [1.165, 1.54) is 12.1 Å². The second kappa shape index (κ2) is 5.80. The number of halogens is 2. The molecule has 2 nitrogen and oxygen atoms in total. The highest BCUT2D eigenvalue weighted by molar-refractivity contribution is 5.37. The molecule has 0 amide bonds. The van der Waals surface area contributed by atoms with E-state index in [2.05, 4.69) is 0 Å². The summed E-state index contributed by atoms with van der Waals surface area (Å²) in [7, 11) is 0. The van der Waals surface area contributed by atoms with E-state index in [1.54, 1.807) is 37.3 Å². The van der Waals surface area contributed by atoms with Gasteiger partial charge in [0.2, 0.25) is 0 Å². The van der Waals surface area contributed by atoms with E-state index in [0.717, 1.165) is 0 Å². The van der Waals surface area contributed by atoms with Crippen molar-refractivity contribution in [2.75, 3.05) is 0 Å². The molecule has 0 aliphatic carbocycles. The lowest BCUT2D eigenvalue weighted by Gasteiger charge is -2.15. The summed E-state index contributed by atoms with van der Waals surface area (Å²) >= 11 is 0. The highest BCUT2D eigenvalue weighted by Gasteiger charge is 2.13. The highest BCUT2D eigenvalue weighted by Crippen LogP contribution is 2.27. The summed E-state index contributed by atoms with van der Waals surface area (Å²) in [6, 6.07) is 10.4. The van der Waals surface area contributed by atoms with E-state index in [9.17, 15) is 8.78 Å². The van der Waals surface area contributed by atoms with Crippen molar-refractivity contribution in [2.24, 2.45) is 5.73 Å². The fraction of sp³-hybridized carbons (Fsp3) is 0.200. The first-order chi connectivity index (χ1) is 9.09. The first-order valence-electron chi connectivity index (χ1n) is 6.00. The molecule has 2 N–H and O–H groups in total. The largest absolute Gasteiger partial charge is 0.485 e. The Labute approximate surface area is 110 Å².